The summed E-state index contributed by atoms with van der Waals surface area (Å²) in [6.45, 7) is 1.87. The lowest BCUT2D eigenvalue weighted by atomic mass is 10.2. The van der Waals surface area contributed by atoms with E-state index in [-0.39, 0.29) is 10.8 Å². The number of hydrogen-bond donors (Lipinski definition) is 0. The van der Waals surface area contributed by atoms with E-state index in [1.54, 1.807) is 18.2 Å². The fraction of sp³-hybridized carbons (Fsp3) is 0.0455. The molecule has 0 radical (unpaired) electrons. The van der Waals surface area contributed by atoms with E-state index >= 15 is 0 Å². The molecule has 0 aliphatic rings. The highest BCUT2D eigenvalue weighted by Gasteiger charge is 2.21. The highest BCUT2D eigenvalue weighted by Crippen LogP contribution is 2.28. The Balaban J connectivity index is 1.79. The Kier molecular flexibility index (Phi) is 4.90. The summed E-state index contributed by atoms with van der Waals surface area (Å²) in [7, 11) is -4.07. The first-order valence-corrected chi connectivity index (χ1v) is 10.3. The van der Waals surface area contributed by atoms with Crippen LogP contribution in [0.1, 0.15) is 5.56 Å². The predicted octanol–water partition coefficient (Wildman–Crippen LogP) is 4.75. The Morgan fingerprint density at radius 3 is 2.21 bits per heavy atom. The molecule has 0 fully saturated rings. The SMILES string of the molecule is Cc1ccc(S(=O)(=O)Oc2cc(-c3ccccc3)nn2-c2ccc(F)cc2)cc1. The van der Waals surface area contributed by atoms with E-state index in [0.29, 0.717) is 11.4 Å². The van der Waals surface area contributed by atoms with Gasteiger partial charge >= 0.3 is 10.1 Å². The van der Waals surface area contributed by atoms with Gasteiger partial charge in [0.1, 0.15) is 10.7 Å². The number of aryl methyl sites for hydroxylation is 1. The van der Waals surface area contributed by atoms with Crippen molar-refractivity contribution in [3.05, 3.63) is 96.3 Å². The molecule has 7 heteroatoms. The van der Waals surface area contributed by atoms with Gasteiger partial charge in [0, 0.05) is 11.6 Å². The molecule has 0 unspecified atom stereocenters. The minimum absolute atomic E-state index is 0.0102. The molecule has 0 spiro atoms. The van der Waals surface area contributed by atoms with Gasteiger partial charge in [0.25, 0.3) is 0 Å². The Bertz CT molecular complexity index is 1230. The van der Waals surface area contributed by atoms with Crippen molar-refractivity contribution in [2.75, 3.05) is 0 Å². The normalized spacial score (nSPS) is 11.4. The molecule has 1 aromatic heterocycles. The molecule has 0 amide bonds. The van der Waals surface area contributed by atoms with Crippen molar-refractivity contribution >= 4 is 10.1 Å². The maximum Gasteiger partial charge on any atom is 0.340 e. The zero-order chi connectivity index (χ0) is 20.4. The molecule has 29 heavy (non-hydrogen) atoms. The van der Waals surface area contributed by atoms with Crippen molar-refractivity contribution in [1.29, 1.82) is 0 Å². The minimum atomic E-state index is -4.07. The van der Waals surface area contributed by atoms with Crippen LogP contribution in [0.15, 0.2) is 89.8 Å². The topological polar surface area (TPSA) is 61.2 Å². The molecule has 0 bridgehead atoms. The lowest BCUT2D eigenvalue weighted by Crippen LogP contribution is -2.12. The second-order valence-electron chi connectivity index (χ2n) is 6.47. The van der Waals surface area contributed by atoms with E-state index in [0.717, 1.165) is 11.1 Å². The number of halogens is 1. The third kappa shape index (κ3) is 4.05. The molecule has 3 aromatic carbocycles. The maximum atomic E-state index is 13.3. The summed E-state index contributed by atoms with van der Waals surface area (Å²) in [6, 6.07) is 22.8. The summed E-state index contributed by atoms with van der Waals surface area (Å²) in [5.41, 5.74) is 2.74. The largest absolute Gasteiger partial charge is 0.358 e. The van der Waals surface area contributed by atoms with Crippen LogP contribution in [0.25, 0.3) is 16.9 Å². The molecule has 0 N–H and O–H groups in total. The maximum absolute atomic E-state index is 13.3. The van der Waals surface area contributed by atoms with Gasteiger partial charge in [-0.3, -0.25) is 0 Å². The van der Waals surface area contributed by atoms with Gasteiger partial charge < -0.3 is 4.18 Å². The molecule has 0 atom stereocenters. The van der Waals surface area contributed by atoms with Crippen LogP contribution in [0.5, 0.6) is 5.88 Å². The number of hydrogen-bond acceptors (Lipinski definition) is 4. The van der Waals surface area contributed by atoms with Gasteiger partial charge in [0.05, 0.1) is 11.4 Å². The smallest absolute Gasteiger partial charge is 0.340 e. The second-order valence-corrected chi connectivity index (χ2v) is 8.02. The minimum Gasteiger partial charge on any atom is -0.358 e. The van der Waals surface area contributed by atoms with Crippen molar-refractivity contribution in [2.24, 2.45) is 0 Å². The van der Waals surface area contributed by atoms with E-state index in [2.05, 4.69) is 5.10 Å². The molecule has 5 nitrogen and oxygen atoms in total. The lowest BCUT2D eigenvalue weighted by molar-refractivity contribution is 0.465. The molecular formula is C22H17FN2O3S. The zero-order valence-corrected chi connectivity index (χ0v) is 16.3. The quantitative estimate of drug-likeness (QED) is 0.447. The molecule has 0 aliphatic heterocycles. The lowest BCUT2D eigenvalue weighted by Gasteiger charge is -2.09. The van der Waals surface area contributed by atoms with Crippen LogP contribution < -0.4 is 4.18 Å². The number of nitrogens with zero attached hydrogens (tertiary/aromatic N) is 2. The van der Waals surface area contributed by atoms with Crippen LogP contribution in [-0.2, 0) is 10.1 Å². The fourth-order valence-corrected chi connectivity index (χ4v) is 3.72. The Hall–Kier alpha value is -3.45. The van der Waals surface area contributed by atoms with Gasteiger partial charge in [-0.15, -0.1) is 0 Å². The summed E-state index contributed by atoms with van der Waals surface area (Å²) < 4.78 is 45.7. The molecule has 0 saturated carbocycles. The average molecular weight is 408 g/mol. The highest BCUT2D eigenvalue weighted by atomic mass is 32.2. The summed E-state index contributed by atoms with van der Waals surface area (Å²) >= 11 is 0. The van der Waals surface area contributed by atoms with Crippen LogP contribution >= 0.6 is 0 Å². The molecule has 0 saturated heterocycles. The van der Waals surface area contributed by atoms with Crippen LogP contribution in [0.4, 0.5) is 4.39 Å². The van der Waals surface area contributed by atoms with Gasteiger partial charge in [-0.2, -0.15) is 18.2 Å². The van der Waals surface area contributed by atoms with Crippen molar-refractivity contribution in [3.63, 3.8) is 0 Å². The number of rotatable bonds is 5. The summed E-state index contributed by atoms with van der Waals surface area (Å²) in [4.78, 5) is 0.0382. The first kappa shape index (κ1) is 18.9. The van der Waals surface area contributed by atoms with Gasteiger partial charge in [-0.05, 0) is 43.3 Å². The Morgan fingerprint density at radius 1 is 0.897 bits per heavy atom. The summed E-state index contributed by atoms with van der Waals surface area (Å²) in [6.07, 6.45) is 0. The third-order valence-corrected chi connectivity index (χ3v) is 5.56. The Morgan fingerprint density at radius 2 is 1.55 bits per heavy atom. The van der Waals surface area contributed by atoms with Crippen molar-refractivity contribution in [3.8, 4) is 22.8 Å². The van der Waals surface area contributed by atoms with E-state index in [9.17, 15) is 12.8 Å². The van der Waals surface area contributed by atoms with Crippen LogP contribution in [0.2, 0.25) is 0 Å². The second kappa shape index (κ2) is 7.52. The molecular weight excluding hydrogens is 391 g/mol. The first-order valence-electron chi connectivity index (χ1n) is 8.85. The first-order chi connectivity index (χ1) is 13.9. The predicted molar refractivity (Wildman–Crippen MR) is 108 cm³/mol. The molecule has 0 aliphatic carbocycles. The number of aromatic nitrogens is 2. The van der Waals surface area contributed by atoms with Crippen molar-refractivity contribution < 1.29 is 17.0 Å². The van der Waals surface area contributed by atoms with Crippen LogP contribution in [0.3, 0.4) is 0 Å². The van der Waals surface area contributed by atoms with E-state index < -0.39 is 15.9 Å². The third-order valence-electron chi connectivity index (χ3n) is 4.32. The van der Waals surface area contributed by atoms with Gasteiger partial charge in [0.15, 0.2) is 0 Å². The summed E-state index contributed by atoms with van der Waals surface area (Å²) in [5, 5.41) is 4.48. The van der Waals surface area contributed by atoms with Gasteiger partial charge in [0.2, 0.25) is 5.88 Å². The summed E-state index contributed by atoms with van der Waals surface area (Å²) in [5.74, 6) is -0.394. The van der Waals surface area contributed by atoms with Gasteiger partial charge in [-0.25, -0.2) is 4.39 Å². The molecule has 1 heterocycles. The number of benzene rings is 3. The van der Waals surface area contributed by atoms with E-state index in [1.165, 1.54) is 41.1 Å². The zero-order valence-electron chi connectivity index (χ0n) is 15.5. The average Bonchev–Trinajstić information content (AvgIpc) is 3.12. The Labute approximate surface area is 168 Å². The molecule has 146 valence electrons. The highest BCUT2D eigenvalue weighted by molar-refractivity contribution is 7.87. The van der Waals surface area contributed by atoms with Crippen LogP contribution in [-0.4, -0.2) is 18.2 Å². The molecule has 4 aromatic rings. The fourth-order valence-electron chi connectivity index (χ4n) is 2.81. The standard InChI is InChI=1S/C22H17FN2O3S/c1-16-7-13-20(14-8-16)29(26,27)28-22-15-21(17-5-3-2-4-6-17)24-25(22)19-11-9-18(23)10-12-19/h2-15H,1H3. The van der Waals surface area contributed by atoms with Crippen molar-refractivity contribution in [2.45, 2.75) is 11.8 Å². The van der Waals surface area contributed by atoms with E-state index in [1.807, 2.05) is 37.3 Å². The monoisotopic (exact) mass is 408 g/mol. The van der Waals surface area contributed by atoms with Crippen LogP contribution in [0, 0.1) is 12.7 Å². The molecule has 4 rings (SSSR count). The van der Waals surface area contributed by atoms with Gasteiger partial charge in [-0.1, -0.05) is 48.0 Å². The van der Waals surface area contributed by atoms with E-state index in [4.69, 9.17) is 4.18 Å². The van der Waals surface area contributed by atoms with Crippen molar-refractivity contribution in [1.82, 2.24) is 9.78 Å².